The molecule has 0 aliphatic carbocycles. The molecule has 0 spiro atoms. The molecule has 3 rings (SSSR count). The smallest absolute Gasteiger partial charge is 0.253 e. The maximum absolute atomic E-state index is 12.7. The number of ether oxygens (including phenoxy) is 1. The number of rotatable bonds is 7. The number of hydrogen-bond donors (Lipinski definition) is 1. The van der Waals surface area contributed by atoms with Gasteiger partial charge in [-0.15, -0.1) is 11.3 Å². The fourth-order valence-corrected chi connectivity index (χ4v) is 4.22. The van der Waals surface area contributed by atoms with Gasteiger partial charge in [-0.2, -0.15) is 0 Å². The van der Waals surface area contributed by atoms with Crippen LogP contribution in [0.5, 0.6) is 5.75 Å². The lowest BCUT2D eigenvalue weighted by molar-refractivity contribution is 0.0786. The fraction of sp³-hybridized carbons (Fsp3) is 0.143. The van der Waals surface area contributed by atoms with Crippen molar-refractivity contribution in [2.24, 2.45) is 5.73 Å². The second-order valence-electron chi connectivity index (χ2n) is 6.24. The molecule has 0 radical (unpaired) electrons. The monoisotopic (exact) mass is 458 g/mol. The lowest BCUT2D eigenvalue weighted by Crippen LogP contribution is -2.25. The zero-order chi connectivity index (χ0) is 20.1. The Morgan fingerprint density at radius 3 is 2.64 bits per heavy atom. The highest BCUT2D eigenvalue weighted by Gasteiger charge is 2.14. The molecule has 2 amide bonds. The van der Waals surface area contributed by atoms with E-state index in [-0.39, 0.29) is 12.5 Å². The number of carbonyl (C=O) groups excluding carboxylic acids is 2. The summed E-state index contributed by atoms with van der Waals surface area (Å²) in [5, 5.41) is 2.00. The molecule has 1 aromatic heterocycles. The van der Waals surface area contributed by atoms with Crippen LogP contribution in [0.2, 0.25) is 0 Å². The molecule has 0 aliphatic heterocycles. The predicted molar refractivity (Wildman–Crippen MR) is 114 cm³/mol. The molecule has 2 N–H and O–H groups in total. The highest BCUT2D eigenvalue weighted by molar-refractivity contribution is 9.10. The second kappa shape index (κ2) is 9.03. The molecule has 7 heteroatoms. The first-order chi connectivity index (χ1) is 13.4. The quantitative estimate of drug-likeness (QED) is 0.567. The maximum Gasteiger partial charge on any atom is 0.253 e. The van der Waals surface area contributed by atoms with E-state index < -0.39 is 5.91 Å². The number of amides is 2. The normalized spacial score (nSPS) is 10.5. The zero-order valence-electron chi connectivity index (χ0n) is 15.2. The summed E-state index contributed by atoms with van der Waals surface area (Å²) in [5.41, 5.74) is 7.12. The number of benzene rings is 2. The Balaban J connectivity index is 1.68. The lowest BCUT2D eigenvalue weighted by atomic mass is 10.1. The number of carbonyl (C=O) groups is 2. The van der Waals surface area contributed by atoms with Gasteiger partial charge in [-0.3, -0.25) is 9.59 Å². The Bertz CT molecular complexity index is 1000. The minimum atomic E-state index is -0.540. The summed E-state index contributed by atoms with van der Waals surface area (Å²) in [5.74, 6) is -0.183. The van der Waals surface area contributed by atoms with E-state index in [2.05, 4.69) is 15.9 Å². The summed E-state index contributed by atoms with van der Waals surface area (Å²) in [6.45, 7) is 0.773. The van der Waals surface area contributed by atoms with Gasteiger partial charge >= 0.3 is 0 Å². The van der Waals surface area contributed by atoms with E-state index >= 15 is 0 Å². The summed E-state index contributed by atoms with van der Waals surface area (Å²) in [4.78, 5) is 27.0. The molecule has 28 heavy (non-hydrogen) atoms. The van der Waals surface area contributed by atoms with E-state index in [0.29, 0.717) is 23.4 Å². The maximum atomic E-state index is 12.7. The number of para-hydroxylation sites is 1. The Morgan fingerprint density at radius 1 is 1.14 bits per heavy atom. The third-order valence-corrected chi connectivity index (χ3v) is 5.76. The van der Waals surface area contributed by atoms with Gasteiger partial charge in [0, 0.05) is 27.3 Å². The number of nitrogens with two attached hydrogens (primary N) is 1. The van der Waals surface area contributed by atoms with Gasteiger partial charge in [0.15, 0.2) is 0 Å². The van der Waals surface area contributed by atoms with Crippen LogP contribution in [0.1, 0.15) is 31.2 Å². The molecule has 0 saturated carbocycles. The Kier molecular flexibility index (Phi) is 6.49. The van der Waals surface area contributed by atoms with E-state index in [9.17, 15) is 9.59 Å². The molecule has 0 aliphatic rings. The summed E-state index contributed by atoms with van der Waals surface area (Å²) in [6, 6.07) is 16.1. The molecule has 0 bridgehead atoms. The van der Waals surface area contributed by atoms with E-state index in [1.807, 2.05) is 23.6 Å². The fourth-order valence-electron chi connectivity index (χ4n) is 2.71. The third-order valence-electron chi connectivity index (χ3n) is 4.08. The lowest BCUT2D eigenvalue weighted by Gasteiger charge is -2.17. The average Bonchev–Trinajstić information content (AvgIpc) is 3.10. The van der Waals surface area contributed by atoms with Gasteiger partial charge in [0.1, 0.15) is 12.4 Å². The van der Waals surface area contributed by atoms with Crippen LogP contribution in [0, 0.1) is 0 Å². The van der Waals surface area contributed by atoms with Crippen molar-refractivity contribution in [3.8, 4) is 5.75 Å². The summed E-state index contributed by atoms with van der Waals surface area (Å²) < 4.78 is 6.77. The molecule has 2 aromatic carbocycles. The molecule has 0 saturated heterocycles. The van der Waals surface area contributed by atoms with E-state index in [4.69, 9.17) is 10.5 Å². The summed E-state index contributed by atoms with van der Waals surface area (Å²) in [7, 11) is 1.78. The van der Waals surface area contributed by atoms with Gasteiger partial charge < -0.3 is 15.4 Å². The van der Waals surface area contributed by atoms with Crippen molar-refractivity contribution >= 4 is 39.1 Å². The first-order valence-corrected chi connectivity index (χ1v) is 10.2. The van der Waals surface area contributed by atoms with Crippen LogP contribution in [-0.2, 0) is 13.2 Å². The molecule has 5 nitrogen and oxygen atoms in total. The number of halogens is 1. The zero-order valence-corrected chi connectivity index (χ0v) is 17.6. The van der Waals surface area contributed by atoms with Gasteiger partial charge in [0.2, 0.25) is 0 Å². The molecule has 3 aromatic rings. The van der Waals surface area contributed by atoms with Crippen molar-refractivity contribution in [2.45, 2.75) is 13.2 Å². The number of primary amides is 1. The van der Waals surface area contributed by atoms with E-state index in [0.717, 1.165) is 14.9 Å². The van der Waals surface area contributed by atoms with Crippen LogP contribution >= 0.6 is 27.3 Å². The minimum absolute atomic E-state index is 0.0658. The van der Waals surface area contributed by atoms with Crippen molar-refractivity contribution in [2.75, 3.05) is 7.05 Å². The van der Waals surface area contributed by atoms with Gasteiger partial charge in [0.05, 0.1) is 12.1 Å². The van der Waals surface area contributed by atoms with Gasteiger partial charge in [-0.1, -0.05) is 24.3 Å². The van der Waals surface area contributed by atoms with Crippen LogP contribution in [-0.4, -0.2) is 23.8 Å². The minimum Gasteiger partial charge on any atom is -0.488 e. The first-order valence-electron chi connectivity index (χ1n) is 8.53. The average molecular weight is 459 g/mol. The van der Waals surface area contributed by atoms with E-state index in [1.165, 1.54) is 0 Å². The molecule has 1 heterocycles. The highest BCUT2D eigenvalue weighted by Crippen LogP contribution is 2.22. The summed E-state index contributed by atoms with van der Waals surface area (Å²) in [6.07, 6.45) is 0. The van der Waals surface area contributed by atoms with Crippen LogP contribution < -0.4 is 10.5 Å². The Hall–Kier alpha value is -2.64. The standard InChI is InChI=1S/C21H19BrN2O3S/c1-24(11-17-10-16(22)13-28-17)21(26)15-6-4-5-14(9-15)12-27-19-8-3-2-7-18(19)20(23)25/h2-10,13H,11-12H2,1H3,(H2,23,25). The molecule has 0 unspecified atom stereocenters. The van der Waals surface area contributed by atoms with Crippen molar-refractivity contribution in [3.05, 3.63) is 86.0 Å². The van der Waals surface area contributed by atoms with Gasteiger partial charge in [0.25, 0.3) is 11.8 Å². The van der Waals surface area contributed by atoms with Gasteiger partial charge in [-0.05, 0) is 51.8 Å². The van der Waals surface area contributed by atoms with Crippen LogP contribution in [0.4, 0.5) is 0 Å². The molecule has 0 fully saturated rings. The number of hydrogen-bond acceptors (Lipinski definition) is 4. The third kappa shape index (κ3) is 4.99. The Labute approximate surface area is 175 Å². The molecule has 0 atom stereocenters. The van der Waals surface area contributed by atoms with Crippen molar-refractivity contribution in [1.29, 1.82) is 0 Å². The second-order valence-corrected chi connectivity index (χ2v) is 8.15. The molecular weight excluding hydrogens is 440 g/mol. The van der Waals surface area contributed by atoms with Crippen molar-refractivity contribution in [1.82, 2.24) is 4.90 Å². The van der Waals surface area contributed by atoms with Crippen LogP contribution in [0.15, 0.2) is 64.5 Å². The molecular formula is C21H19BrN2O3S. The first kappa shape index (κ1) is 20.1. The number of thiophene rings is 1. The SMILES string of the molecule is CN(Cc1cc(Br)cs1)C(=O)c1cccc(COc2ccccc2C(N)=O)c1. The van der Waals surface area contributed by atoms with E-state index in [1.54, 1.807) is 59.7 Å². The molecule has 144 valence electrons. The summed E-state index contributed by atoms with van der Waals surface area (Å²) >= 11 is 5.03. The van der Waals surface area contributed by atoms with Gasteiger partial charge in [-0.25, -0.2) is 0 Å². The highest BCUT2D eigenvalue weighted by atomic mass is 79.9. The van der Waals surface area contributed by atoms with Crippen LogP contribution in [0.25, 0.3) is 0 Å². The van der Waals surface area contributed by atoms with Crippen molar-refractivity contribution in [3.63, 3.8) is 0 Å². The van der Waals surface area contributed by atoms with Crippen LogP contribution in [0.3, 0.4) is 0 Å². The van der Waals surface area contributed by atoms with Crippen molar-refractivity contribution < 1.29 is 14.3 Å². The predicted octanol–water partition coefficient (Wildman–Crippen LogP) is 4.46. The number of nitrogens with zero attached hydrogens (tertiary/aromatic N) is 1. The topological polar surface area (TPSA) is 72.6 Å². The Morgan fingerprint density at radius 2 is 1.93 bits per heavy atom. The largest absolute Gasteiger partial charge is 0.488 e.